The molecule has 9 heteroatoms. The van der Waals surface area contributed by atoms with Crippen molar-refractivity contribution in [2.75, 3.05) is 0 Å². The van der Waals surface area contributed by atoms with Crippen molar-refractivity contribution in [2.24, 2.45) is 0 Å². The van der Waals surface area contributed by atoms with Gasteiger partial charge in [-0.1, -0.05) is 6.07 Å². The largest absolute Gasteiger partial charge is 0.439 e. The zero-order valence-corrected chi connectivity index (χ0v) is 16.9. The Kier molecular flexibility index (Phi) is 4.98. The van der Waals surface area contributed by atoms with Gasteiger partial charge in [-0.05, 0) is 56.4 Å². The quantitative estimate of drug-likeness (QED) is 0.533. The summed E-state index contributed by atoms with van der Waals surface area (Å²) in [6, 6.07) is 5.34. The monoisotopic (exact) mass is 445 g/mol. The second kappa shape index (κ2) is 7.72. The van der Waals surface area contributed by atoms with Crippen LogP contribution >= 0.6 is 0 Å². The fraction of sp³-hybridized carbons (Fsp3) is 0.348. The fourth-order valence-corrected chi connectivity index (χ4v) is 3.97. The molecule has 1 aromatic carbocycles. The first-order valence-corrected chi connectivity index (χ1v) is 10.4. The van der Waals surface area contributed by atoms with Gasteiger partial charge in [-0.15, -0.1) is 0 Å². The molecule has 2 aliphatic rings. The third-order valence-corrected chi connectivity index (χ3v) is 5.81. The third kappa shape index (κ3) is 3.99. The number of aromatic nitrogens is 2. The Bertz CT molecular complexity index is 1180. The van der Waals surface area contributed by atoms with Crippen molar-refractivity contribution in [1.82, 2.24) is 15.3 Å². The highest BCUT2D eigenvalue weighted by atomic mass is 19.4. The van der Waals surface area contributed by atoms with E-state index in [4.69, 9.17) is 4.42 Å². The summed E-state index contributed by atoms with van der Waals surface area (Å²) in [6.07, 6.45) is 0.517. The SMILES string of the molecule is O=C(N[C@@H]1CCCc2nc(-c3cc(C4CC4)ncc3F)oc21)c1cccc(C(F)(F)F)c1. The van der Waals surface area contributed by atoms with Crippen LogP contribution < -0.4 is 5.32 Å². The third-order valence-electron chi connectivity index (χ3n) is 5.81. The lowest BCUT2D eigenvalue weighted by atomic mass is 9.96. The zero-order chi connectivity index (χ0) is 22.5. The molecule has 1 atom stereocenters. The van der Waals surface area contributed by atoms with E-state index >= 15 is 0 Å². The summed E-state index contributed by atoms with van der Waals surface area (Å²) in [7, 11) is 0. The molecular weight excluding hydrogens is 426 g/mol. The summed E-state index contributed by atoms with van der Waals surface area (Å²) in [6.45, 7) is 0. The number of oxazole rings is 1. The van der Waals surface area contributed by atoms with Crippen LogP contribution in [0.5, 0.6) is 0 Å². The van der Waals surface area contributed by atoms with Crippen LogP contribution in [0.4, 0.5) is 17.6 Å². The van der Waals surface area contributed by atoms with Crippen molar-refractivity contribution >= 4 is 5.91 Å². The summed E-state index contributed by atoms with van der Waals surface area (Å²) in [4.78, 5) is 21.2. The average molecular weight is 445 g/mol. The average Bonchev–Trinajstić information content (AvgIpc) is 3.52. The van der Waals surface area contributed by atoms with Crippen molar-refractivity contribution < 1.29 is 26.8 Å². The normalized spacial score (nSPS) is 18.3. The molecule has 166 valence electrons. The van der Waals surface area contributed by atoms with Crippen molar-refractivity contribution in [3.05, 3.63) is 70.6 Å². The van der Waals surface area contributed by atoms with Crippen molar-refractivity contribution in [2.45, 2.75) is 50.2 Å². The lowest BCUT2D eigenvalue weighted by molar-refractivity contribution is -0.137. The Morgan fingerprint density at radius 1 is 1.16 bits per heavy atom. The highest BCUT2D eigenvalue weighted by molar-refractivity contribution is 5.94. The Morgan fingerprint density at radius 2 is 1.97 bits per heavy atom. The number of carbonyl (C=O) groups is 1. The van der Waals surface area contributed by atoms with Crippen molar-refractivity contribution in [1.29, 1.82) is 0 Å². The summed E-state index contributed by atoms with van der Waals surface area (Å²) in [5.41, 5.74) is 0.646. The standard InChI is InChI=1S/C23H19F4N3O2/c24-16-11-28-19(12-7-8-12)10-15(16)22-30-18-6-2-5-17(20(18)32-22)29-21(31)13-3-1-4-14(9-13)23(25,26)27/h1,3-4,9-12,17H,2,5-8H2,(H,29,31)/t17-/m1/s1. The number of hydrogen-bond donors (Lipinski definition) is 1. The Balaban J connectivity index is 1.41. The van der Waals surface area contributed by atoms with Crippen molar-refractivity contribution in [3.8, 4) is 11.5 Å². The number of halogens is 4. The lowest BCUT2D eigenvalue weighted by Gasteiger charge is -2.21. The van der Waals surface area contributed by atoms with Gasteiger partial charge in [-0.3, -0.25) is 9.78 Å². The van der Waals surface area contributed by atoms with Gasteiger partial charge in [0.05, 0.1) is 29.1 Å². The first-order valence-electron chi connectivity index (χ1n) is 10.4. The van der Waals surface area contributed by atoms with Crippen LogP contribution in [0.25, 0.3) is 11.5 Å². The highest BCUT2D eigenvalue weighted by Crippen LogP contribution is 2.41. The van der Waals surface area contributed by atoms with Crippen LogP contribution in [0, 0.1) is 5.82 Å². The number of carbonyl (C=O) groups excluding carboxylic acids is 1. The highest BCUT2D eigenvalue weighted by Gasteiger charge is 2.33. The molecule has 3 aromatic rings. The van der Waals surface area contributed by atoms with E-state index in [1.165, 1.54) is 18.3 Å². The van der Waals surface area contributed by atoms with E-state index < -0.39 is 29.5 Å². The molecule has 1 fully saturated rings. The van der Waals surface area contributed by atoms with Crippen LogP contribution in [0.15, 0.2) is 40.9 Å². The minimum Gasteiger partial charge on any atom is -0.439 e. The van der Waals surface area contributed by atoms with Gasteiger partial charge in [0.25, 0.3) is 5.91 Å². The molecule has 2 aromatic heterocycles. The minimum absolute atomic E-state index is 0.0964. The maximum absolute atomic E-state index is 14.4. The molecule has 0 aliphatic heterocycles. The number of rotatable bonds is 4. The van der Waals surface area contributed by atoms with Gasteiger partial charge >= 0.3 is 6.18 Å². The summed E-state index contributed by atoms with van der Waals surface area (Å²) < 4.78 is 59.3. The summed E-state index contributed by atoms with van der Waals surface area (Å²) in [5, 5.41) is 2.74. The predicted octanol–water partition coefficient (Wildman–Crippen LogP) is 5.58. The molecule has 1 saturated carbocycles. The molecule has 5 rings (SSSR count). The van der Waals surface area contributed by atoms with Crippen LogP contribution in [0.1, 0.15) is 70.7 Å². The summed E-state index contributed by atoms with van der Waals surface area (Å²) >= 11 is 0. The second-order valence-electron chi connectivity index (χ2n) is 8.19. The van der Waals surface area contributed by atoms with Crippen LogP contribution in [-0.2, 0) is 12.6 Å². The molecule has 2 aliphatic carbocycles. The van der Waals surface area contributed by atoms with E-state index in [0.717, 1.165) is 30.7 Å². The molecule has 0 unspecified atom stereocenters. The van der Waals surface area contributed by atoms with E-state index in [1.54, 1.807) is 6.07 Å². The Labute approximate surface area is 180 Å². The van der Waals surface area contributed by atoms with Crippen LogP contribution in [0.3, 0.4) is 0 Å². The van der Waals surface area contributed by atoms with E-state index in [1.807, 2.05) is 0 Å². The summed E-state index contributed by atoms with van der Waals surface area (Å²) in [5.74, 6) is -0.318. The molecule has 0 bridgehead atoms. The molecular formula is C23H19F4N3O2. The van der Waals surface area contributed by atoms with Gasteiger partial charge in [-0.2, -0.15) is 13.2 Å². The molecule has 2 heterocycles. The van der Waals surface area contributed by atoms with Gasteiger partial charge < -0.3 is 9.73 Å². The minimum atomic E-state index is -4.54. The first-order chi connectivity index (χ1) is 15.3. The molecule has 1 amide bonds. The van der Waals surface area contributed by atoms with Gasteiger partial charge in [0.15, 0.2) is 5.82 Å². The number of nitrogens with one attached hydrogen (secondary N) is 1. The van der Waals surface area contributed by atoms with E-state index in [0.29, 0.717) is 36.6 Å². The molecule has 0 saturated heterocycles. The topological polar surface area (TPSA) is 68.0 Å². The smallest absolute Gasteiger partial charge is 0.416 e. The Morgan fingerprint density at radius 3 is 2.72 bits per heavy atom. The second-order valence-corrected chi connectivity index (χ2v) is 8.19. The molecule has 0 spiro atoms. The van der Waals surface area contributed by atoms with Gasteiger partial charge in [-0.25, -0.2) is 9.37 Å². The Hall–Kier alpha value is -3.23. The van der Waals surface area contributed by atoms with E-state index in [9.17, 15) is 22.4 Å². The number of alkyl halides is 3. The van der Waals surface area contributed by atoms with Crippen molar-refractivity contribution in [3.63, 3.8) is 0 Å². The van der Waals surface area contributed by atoms with E-state index in [2.05, 4.69) is 15.3 Å². The number of pyridine rings is 1. The van der Waals surface area contributed by atoms with Crippen LogP contribution in [0.2, 0.25) is 0 Å². The molecule has 1 N–H and O–H groups in total. The fourth-order valence-electron chi connectivity index (χ4n) is 3.97. The number of benzene rings is 1. The van der Waals surface area contributed by atoms with Gasteiger partial charge in [0.1, 0.15) is 5.76 Å². The zero-order valence-electron chi connectivity index (χ0n) is 16.9. The number of hydrogen-bond acceptors (Lipinski definition) is 4. The lowest BCUT2D eigenvalue weighted by Crippen LogP contribution is -2.30. The number of amides is 1. The number of nitrogens with zero attached hydrogens (tertiary/aromatic N) is 2. The molecule has 0 radical (unpaired) electrons. The molecule has 32 heavy (non-hydrogen) atoms. The maximum atomic E-state index is 14.4. The number of aryl methyl sites for hydroxylation is 1. The van der Waals surface area contributed by atoms with Crippen LogP contribution in [-0.4, -0.2) is 15.9 Å². The molecule has 5 nitrogen and oxygen atoms in total. The number of fused-ring (bicyclic) bond motifs is 1. The first kappa shape index (κ1) is 20.7. The predicted molar refractivity (Wildman–Crippen MR) is 106 cm³/mol. The maximum Gasteiger partial charge on any atom is 0.416 e. The van der Waals surface area contributed by atoms with Gasteiger partial charge in [0.2, 0.25) is 5.89 Å². The van der Waals surface area contributed by atoms with E-state index in [-0.39, 0.29) is 17.0 Å². The van der Waals surface area contributed by atoms with Gasteiger partial charge in [0, 0.05) is 17.2 Å².